The molecule has 0 fully saturated rings. The van der Waals surface area contributed by atoms with Crippen molar-refractivity contribution in [2.75, 3.05) is 0 Å². The van der Waals surface area contributed by atoms with Gasteiger partial charge in [0, 0.05) is 11.3 Å². The summed E-state index contributed by atoms with van der Waals surface area (Å²) >= 11 is 0. The molecule has 2 rings (SSSR count). The first-order valence-electron chi connectivity index (χ1n) is 4.49. The van der Waals surface area contributed by atoms with Crippen LogP contribution in [0.2, 0.25) is 0 Å². The van der Waals surface area contributed by atoms with Gasteiger partial charge in [-0.2, -0.15) is 5.10 Å². The van der Waals surface area contributed by atoms with Gasteiger partial charge < -0.3 is 5.11 Å². The molecule has 0 saturated carbocycles. The molecule has 6 heteroatoms. The van der Waals surface area contributed by atoms with Gasteiger partial charge in [0.1, 0.15) is 5.69 Å². The van der Waals surface area contributed by atoms with E-state index in [9.17, 15) is 9.18 Å². The number of aromatic nitrogens is 3. The summed E-state index contributed by atoms with van der Waals surface area (Å²) in [4.78, 5) is 14.4. The van der Waals surface area contributed by atoms with Gasteiger partial charge in [0.15, 0.2) is 5.82 Å². The zero-order valence-electron chi connectivity index (χ0n) is 8.36. The molecule has 0 bridgehead atoms. The number of aromatic carboxylic acids is 1. The fourth-order valence-corrected chi connectivity index (χ4v) is 1.31. The molecule has 82 valence electrons. The second-order valence-electron chi connectivity index (χ2n) is 3.28. The minimum Gasteiger partial charge on any atom is -0.477 e. The van der Waals surface area contributed by atoms with E-state index in [2.05, 4.69) is 15.2 Å². The normalized spacial score (nSPS) is 10.4. The molecule has 0 radical (unpaired) electrons. The van der Waals surface area contributed by atoms with Gasteiger partial charge in [0.2, 0.25) is 0 Å². The maximum Gasteiger partial charge on any atom is 0.353 e. The number of nitrogens with one attached hydrogen (secondary N) is 1. The van der Waals surface area contributed by atoms with Crippen molar-refractivity contribution in [3.63, 3.8) is 0 Å². The Labute approximate surface area is 90.0 Å². The van der Waals surface area contributed by atoms with Gasteiger partial charge >= 0.3 is 5.97 Å². The van der Waals surface area contributed by atoms with Crippen molar-refractivity contribution in [2.24, 2.45) is 0 Å². The highest BCUT2D eigenvalue weighted by Crippen LogP contribution is 2.21. The topological polar surface area (TPSA) is 78.9 Å². The van der Waals surface area contributed by atoms with E-state index in [0.29, 0.717) is 5.69 Å². The number of hydrogen-bond donors (Lipinski definition) is 2. The van der Waals surface area contributed by atoms with Crippen LogP contribution >= 0.6 is 0 Å². The molecule has 0 aliphatic rings. The van der Waals surface area contributed by atoms with Crippen LogP contribution in [0.3, 0.4) is 0 Å². The highest BCUT2D eigenvalue weighted by Gasteiger charge is 2.12. The standard InChI is InChI=1S/C10H8FN3O2/c1-5-2-6(7(11)4-12-5)8-3-9(10(15)16)14-13-8/h2-4H,1H3,(H,13,14)(H,15,16). The van der Waals surface area contributed by atoms with Gasteiger partial charge in [0.05, 0.1) is 11.9 Å². The number of nitrogens with zero attached hydrogens (tertiary/aromatic N) is 2. The molecule has 16 heavy (non-hydrogen) atoms. The fraction of sp³-hybridized carbons (Fsp3) is 0.100. The van der Waals surface area contributed by atoms with Crippen molar-refractivity contribution in [3.8, 4) is 11.3 Å². The van der Waals surface area contributed by atoms with E-state index in [1.54, 1.807) is 6.92 Å². The van der Waals surface area contributed by atoms with E-state index >= 15 is 0 Å². The van der Waals surface area contributed by atoms with Crippen LogP contribution in [0.4, 0.5) is 4.39 Å². The molecule has 0 aliphatic heterocycles. The van der Waals surface area contributed by atoms with Crippen molar-refractivity contribution in [3.05, 3.63) is 35.5 Å². The molecule has 0 spiro atoms. The third kappa shape index (κ3) is 1.77. The number of carbonyl (C=O) groups is 1. The summed E-state index contributed by atoms with van der Waals surface area (Å²) in [6, 6.07) is 2.79. The lowest BCUT2D eigenvalue weighted by molar-refractivity contribution is 0.0690. The first-order chi connectivity index (χ1) is 7.58. The van der Waals surface area contributed by atoms with Crippen LogP contribution in [0.5, 0.6) is 0 Å². The van der Waals surface area contributed by atoms with Gasteiger partial charge in [-0.3, -0.25) is 10.1 Å². The fourth-order valence-electron chi connectivity index (χ4n) is 1.31. The molecule has 0 saturated heterocycles. The summed E-state index contributed by atoms with van der Waals surface area (Å²) in [5.74, 6) is -1.67. The van der Waals surface area contributed by atoms with Gasteiger partial charge in [-0.15, -0.1) is 0 Å². The second kappa shape index (κ2) is 3.73. The van der Waals surface area contributed by atoms with Crippen LogP contribution in [-0.2, 0) is 0 Å². The molecule has 2 N–H and O–H groups in total. The number of rotatable bonds is 2. The Morgan fingerprint density at radius 3 is 2.88 bits per heavy atom. The molecule has 2 aromatic heterocycles. The first kappa shape index (κ1) is 10.3. The number of hydrogen-bond acceptors (Lipinski definition) is 3. The van der Waals surface area contributed by atoms with Gasteiger partial charge in [-0.05, 0) is 19.1 Å². The Kier molecular flexibility index (Phi) is 2.40. The Bertz CT molecular complexity index is 551. The first-order valence-corrected chi connectivity index (χ1v) is 4.49. The largest absolute Gasteiger partial charge is 0.477 e. The lowest BCUT2D eigenvalue weighted by Gasteiger charge is -1.99. The van der Waals surface area contributed by atoms with Crippen molar-refractivity contribution >= 4 is 5.97 Å². The summed E-state index contributed by atoms with van der Waals surface area (Å²) in [7, 11) is 0. The number of pyridine rings is 1. The summed E-state index contributed by atoms with van der Waals surface area (Å²) < 4.78 is 13.4. The molecule has 0 aromatic carbocycles. The van der Waals surface area contributed by atoms with Crippen molar-refractivity contribution in [1.29, 1.82) is 0 Å². The van der Waals surface area contributed by atoms with Crippen LogP contribution in [0.15, 0.2) is 18.3 Å². The van der Waals surface area contributed by atoms with Gasteiger partial charge in [-0.25, -0.2) is 9.18 Å². The quantitative estimate of drug-likeness (QED) is 0.807. The molecule has 0 amide bonds. The molecule has 0 atom stereocenters. The highest BCUT2D eigenvalue weighted by atomic mass is 19.1. The molecule has 2 aromatic rings. The molecule has 0 aliphatic carbocycles. The lowest BCUT2D eigenvalue weighted by Crippen LogP contribution is -1.95. The van der Waals surface area contributed by atoms with Crippen molar-refractivity contribution in [1.82, 2.24) is 15.2 Å². The Morgan fingerprint density at radius 1 is 1.50 bits per heavy atom. The van der Waals surface area contributed by atoms with E-state index in [0.717, 1.165) is 6.20 Å². The summed E-state index contributed by atoms with van der Waals surface area (Å²) in [5, 5.41) is 14.7. The Morgan fingerprint density at radius 2 is 2.25 bits per heavy atom. The van der Waals surface area contributed by atoms with E-state index in [4.69, 9.17) is 5.11 Å². The van der Waals surface area contributed by atoms with Crippen molar-refractivity contribution < 1.29 is 14.3 Å². The van der Waals surface area contributed by atoms with E-state index < -0.39 is 11.8 Å². The number of carboxylic acid groups (broad SMARTS) is 1. The summed E-state index contributed by atoms with van der Waals surface area (Å²) in [6.07, 6.45) is 1.08. The van der Waals surface area contributed by atoms with Crippen LogP contribution in [0, 0.1) is 12.7 Å². The predicted molar refractivity (Wildman–Crippen MR) is 53.5 cm³/mol. The third-order valence-corrected chi connectivity index (χ3v) is 2.08. The maximum atomic E-state index is 13.4. The molecule has 0 unspecified atom stereocenters. The Hall–Kier alpha value is -2.24. The van der Waals surface area contributed by atoms with Crippen LogP contribution in [0.1, 0.15) is 16.2 Å². The smallest absolute Gasteiger partial charge is 0.353 e. The van der Waals surface area contributed by atoms with Crippen molar-refractivity contribution in [2.45, 2.75) is 6.92 Å². The zero-order valence-corrected chi connectivity index (χ0v) is 8.36. The van der Waals surface area contributed by atoms with E-state index in [1.165, 1.54) is 12.1 Å². The summed E-state index contributed by atoms with van der Waals surface area (Å²) in [5.41, 5.74) is 1.04. The molecule has 5 nitrogen and oxygen atoms in total. The SMILES string of the molecule is Cc1cc(-c2cc(C(=O)O)[nH]n2)c(F)cn1. The Balaban J connectivity index is 2.50. The van der Waals surface area contributed by atoms with Crippen LogP contribution in [-0.4, -0.2) is 26.3 Å². The maximum absolute atomic E-state index is 13.4. The number of aryl methyl sites for hydroxylation is 1. The second-order valence-corrected chi connectivity index (χ2v) is 3.28. The average molecular weight is 221 g/mol. The molecular formula is C10H8FN3O2. The lowest BCUT2D eigenvalue weighted by atomic mass is 10.1. The predicted octanol–water partition coefficient (Wildman–Crippen LogP) is 1.62. The van der Waals surface area contributed by atoms with Gasteiger partial charge in [-0.1, -0.05) is 0 Å². The highest BCUT2D eigenvalue weighted by molar-refractivity contribution is 5.86. The van der Waals surface area contributed by atoms with Crippen LogP contribution in [0.25, 0.3) is 11.3 Å². The summed E-state index contributed by atoms with van der Waals surface area (Å²) in [6.45, 7) is 1.72. The molecule has 2 heterocycles. The number of carboxylic acids is 1. The van der Waals surface area contributed by atoms with Crippen LogP contribution < -0.4 is 0 Å². The van der Waals surface area contributed by atoms with E-state index in [-0.39, 0.29) is 17.0 Å². The number of H-pyrrole nitrogens is 1. The minimum atomic E-state index is -1.13. The number of aromatic amines is 1. The zero-order chi connectivity index (χ0) is 11.7. The third-order valence-electron chi connectivity index (χ3n) is 2.08. The monoisotopic (exact) mass is 221 g/mol. The van der Waals surface area contributed by atoms with Gasteiger partial charge in [0.25, 0.3) is 0 Å². The average Bonchev–Trinajstić information content (AvgIpc) is 2.70. The minimum absolute atomic E-state index is 0.0798. The van der Waals surface area contributed by atoms with E-state index in [1.807, 2.05) is 0 Å². The molecular weight excluding hydrogens is 213 g/mol. The number of halogens is 1.